The highest BCUT2D eigenvalue weighted by Crippen LogP contribution is 2.39. The van der Waals surface area contributed by atoms with Crippen LogP contribution in [-0.2, 0) is 0 Å². The van der Waals surface area contributed by atoms with Gasteiger partial charge in [0.15, 0.2) is 23.0 Å². The summed E-state index contributed by atoms with van der Waals surface area (Å²) >= 11 is 0. The maximum atomic E-state index is 12.8. The van der Waals surface area contributed by atoms with Crippen molar-refractivity contribution in [2.45, 2.75) is 20.8 Å². The molecule has 0 N–H and O–H groups in total. The van der Waals surface area contributed by atoms with E-state index in [-0.39, 0.29) is 39.7 Å². The van der Waals surface area contributed by atoms with Gasteiger partial charge in [0.05, 0.1) is 38.0 Å². The third-order valence-electron chi connectivity index (χ3n) is 4.39. The summed E-state index contributed by atoms with van der Waals surface area (Å²) in [6.07, 6.45) is 0. The second kappa shape index (κ2) is 8.44. The molecule has 146 valence electrons. The van der Waals surface area contributed by atoms with Crippen molar-refractivity contribution in [2.24, 2.45) is 0 Å². The topological polar surface area (TPSA) is 94.9 Å². The summed E-state index contributed by atoms with van der Waals surface area (Å²) in [5.74, 6) is -0.247. The van der Waals surface area contributed by atoms with Gasteiger partial charge in [-0.1, -0.05) is 0 Å². The van der Waals surface area contributed by atoms with E-state index in [9.17, 15) is 14.9 Å². The first kappa shape index (κ1) is 20.8. The van der Waals surface area contributed by atoms with Gasteiger partial charge in [0.25, 0.3) is 0 Å². The Bertz CT molecular complexity index is 962. The number of hydrogen-bond acceptors (Lipinski definition) is 7. The van der Waals surface area contributed by atoms with Gasteiger partial charge in [-0.15, -0.1) is 0 Å². The highest BCUT2D eigenvalue weighted by molar-refractivity contribution is 6.00. The van der Waals surface area contributed by atoms with Crippen molar-refractivity contribution in [3.63, 3.8) is 0 Å². The average molecular weight is 383 g/mol. The largest absolute Gasteiger partial charge is 0.493 e. The summed E-state index contributed by atoms with van der Waals surface area (Å²) in [5, 5.41) is 9.54. The number of ether oxygens (including phenoxy) is 4. The molecule has 2 aromatic rings. The van der Waals surface area contributed by atoms with Gasteiger partial charge in [0, 0.05) is 0 Å². The van der Waals surface area contributed by atoms with Gasteiger partial charge in [-0.25, -0.2) is 4.79 Å². The lowest BCUT2D eigenvalue weighted by Gasteiger charge is -2.16. The molecule has 0 amide bonds. The average Bonchev–Trinajstić information content (AvgIpc) is 2.69. The fourth-order valence-electron chi connectivity index (χ4n) is 2.75. The molecule has 2 aromatic carbocycles. The van der Waals surface area contributed by atoms with E-state index in [0.29, 0.717) is 11.3 Å². The Morgan fingerprint density at radius 3 is 1.93 bits per heavy atom. The summed E-state index contributed by atoms with van der Waals surface area (Å²) in [4.78, 5) is 24.8. The number of methoxy groups -OCH3 is 3. The van der Waals surface area contributed by atoms with Crippen molar-refractivity contribution in [1.82, 2.24) is 0 Å². The van der Waals surface area contributed by atoms with Gasteiger partial charge < -0.3 is 18.9 Å². The van der Waals surface area contributed by atoms with Crippen LogP contribution in [0.25, 0.3) is 0 Å². The number of benzene rings is 2. The quantitative estimate of drug-likeness (QED) is 0.427. The first-order chi connectivity index (χ1) is 13.3. The van der Waals surface area contributed by atoms with E-state index in [4.69, 9.17) is 18.9 Å². The van der Waals surface area contributed by atoms with E-state index in [0.717, 1.165) is 5.56 Å². The zero-order chi connectivity index (χ0) is 21.0. The van der Waals surface area contributed by atoms with E-state index in [2.05, 4.69) is 0 Å². The highest BCUT2D eigenvalue weighted by atomic mass is 16.5. The van der Waals surface area contributed by atoms with Crippen LogP contribution >= 0.6 is 0 Å². The molecule has 0 fully saturated rings. The molecule has 7 nitrogen and oxygen atoms in total. The summed E-state index contributed by atoms with van der Waals surface area (Å²) in [7, 11) is 4.31. The van der Waals surface area contributed by atoms with Crippen LogP contribution < -0.4 is 18.9 Å². The minimum atomic E-state index is -0.762. The molecular weight excluding hydrogens is 362 g/mol. The van der Waals surface area contributed by atoms with Crippen molar-refractivity contribution >= 4 is 11.8 Å². The van der Waals surface area contributed by atoms with E-state index >= 15 is 0 Å². The lowest BCUT2D eigenvalue weighted by Crippen LogP contribution is -2.14. The first-order valence-electron chi connectivity index (χ1n) is 8.36. The molecule has 0 heterocycles. The van der Waals surface area contributed by atoms with Crippen molar-refractivity contribution in [3.05, 3.63) is 46.0 Å². The van der Waals surface area contributed by atoms with Crippen LogP contribution in [0, 0.1) is 25.2 Å². The number of carbonyl (C=O) groups is 2. The summed E-state index contributed by atoms with van der Waals surface area (Å²) in [6.45, 7) is 4.87. The predicted molar refractivity (Wildman–Crippen MR) is 102 cm³/mol. The molecule has 0 aliphatic carbocycles. The number of esters is 1. The molecular formula is C21H21NO6. The van der Waals surface area contributed by atoms with E-state index in [1.807, 2.05) is 6.07 Å². The molecule has 0 aliphatic heterocycles. The molecule has 0 spiro atoms. The summed E-state index contributed by atoms with van der Waals surface area (Å²) in [5.41, 5.74) is 1.83. The maximum absolute atomic E-state index is 12.8. The summed E-state index contributed by atoms with van der Waals surface area (Å²) in [6, 6.07) is 6.50. The standard InChI is InChI=1S/C21H21NO6/c1-11-7-15(13(3)23)19(16(10-22)12(11)2)28-21(24)14-8-17(25-4)20(27-6)18(9-14)26-5/h7-9H,1-6H3. The van der Waals surface area contributed by atoms with Crippen molar-refractivity contribution in [1.29, 1.82) is 5.26 Å². The highest BCUT2D eigenvalue weighted by Gasteiger charge is 2.23. The number of aryl methyl sites for hydroxylation is 1. The number of ketones is 1. The summed E-state index contributed by atoms with van der Waals surface area (Å²) < 4.78 is 21.2. The number of nitriles is 1. The fourth-order valence-corrected chi connectivity index (χ4v) is 2.75. The zero-order valence-electron chi connectivity index (χ0n) is 16.6. The van der Waals surface area contributed by atoms with Gasteiger partial charge >= 0.3 is 5.97 Å². The van der Waals surface area contributed by atoms with Crippen LogP contribution in [0.4, 0.5) is 0 Å². The SMILES string of the molecule is COc1cc(C(=O)Oc2c(C(C)=O)cc(C)c(C)c2C#N)cc(OC)c1OC. The second-order valence-electron chi connectivity index (χ2n) is 6.04. The van der Waals surface area contributed by atoms with Crippen LogP contribution in [0.1, 0.15) is 44.3 Å². The molecule has 0 saturated carbocycles. The Morgan fingerprint density at radius 2 is 1.50 bits per heavy atom. The Labute approximate surface area is 163 Å². The monoisotopic (exact) mass is 383 g/mol. The number of carbonyl (C=O) groups excluding carboxylic acids is 2. The normalized spacial score (nSPS) is 10.0. The van der Waals surface area contributed by atoms with Crippen molar-refractivity contribution in [2.75, 3.05) is 21.3 Å². The van der Waals surface area contributed by atoms with E-state index < -0.39 is 5.97 Å². The smallest absolute Gasteiger partial charge is 0.343 e. The van der Waals surface area contributed by atoms with Gasteiger partial charge in [0.1, 0.15) is 6.07 Å². The molecule has 0 atom stereocenters. The van der Waals surface area contributed by atoms with Gasteiger partial charge in [-0.05, 0) is 50.1 Å². The number of rotatable bonds is 6. The lowest BCUT2D eigenvalue weighted by atomic mass is 9.97. The lowest BCUT2D eigenvalue weighted by molar-refractivity contribution is 0.0731. The van der Waals surface area contributed by atoms with Gasteiger partial charge in [-0.2, -0.15) is 5.26 Å². The molecule has 2 rings (SSSR count). The Kier molecular flexibility index (Phi) is 6.26. The number of Topliss-reactive ketones (excluding diaryl/α,β-unsaturated/α-hetero) is 1. The van der Waals surface area contributed by atoms with E-state index in [1.165, 1.54) is 40.4 Å². The Morgan fingerprint density at radius 1 is 0.929 bits per heavy atom. The molecule has 28 heavy (non-hydrogen) atoms. The molecule has 7 heteroatoms. The molecule has 0 aromatic heterocycles. The molecule has 0 saturated heterocycles. The van der Waals surface area contributed by atoms with Crippen LogP contribution in [0.15, 0.2) is 18.2 Å². The van der Waals surface area contributed by atoms with Crippen LogP contribution in [0.3, 0.4) is 0 Å². The third-order valence-corrected chi connectivity index (χ3v) is 4.39. The van der Waals surface area contributed by atoms with Crippen LogP contribution in [0.5, 0.6) is 23.0 Å². The van der Waals surface area contributed by atoms with Crippen molar-refractivity contribution < 1.29 is 28.5 Å². The van der Waals surface area contributed by atoms with Gasteiger partial charge in [0.2, 0.25) is 5.75 Å². The Hall–Kier alpha value is -3.53. The zero-order valence-corrected chi connectivity index (χ0v) is 16.6. The molecule has 0 unspecified atom stereocenters. The molecule has 0 radical (unpaired) electrons. The Balaban J connectivity index is 2.59. The third kappa shape index (κ3) is 3.76. The van der Waals surface area contributed by atoms with E-state index in [1.54, 1.807) is 19.9 Å². The predicted octanol–water partition coefficient (Wildman–Crippen LogP) is 3.62. The fraction of sp³-hybridized carbons (Fsp3) is 0.286. The maximum Gasteiger partial charge on any atom is 0.343 e. The number of nitrogens with zero attached hydrogens (tertiary/aromatic N) is 1. The first-order valence-corrected chi connectivity index (χ1v) is 8.36. The minimum absolute atomic E-state index is 0.0585. The molecule has 0 bridgehead atoms. The molecule has 0 aliphatic rings. The van der Waals surface area contributed by atoms with Crippen LogP contribution in [0.2, 0.25) is 0 Å². The number of hydrogen-bond donors (Lipinski definition) is 0. The van der Waals surface area contributed by atoms with Crippen LogP contribution in [-0.4, -0.2) is 33.1 Å². The van der Waals surface area contributed by atoms with Crippen molar-refractivity contribution in [3.8, 4) is 29.1 Å². The minimum Gasteiger partial charge on any atom is -0.493 e. The van der Waals surface area contributed by atoms with Gasteiger partial charge in [-0.3, -0.25) is 4.79 Å². The second-order valence-corrected chi connectivity index (χ2v) is 6.04.